The number of methoxy groups -OCH3 is 2. The number of nitrogens with two attached hydrogens (primary N) is 1. The van der Waals surface area contributed by atoms with Crippen LogP contribution in [0.1, 0.15) is 99.1 Å². The van der Waals surface area contributed by atoms with Crippen LogP contribution in [0.4, 0.5) is 4.39 Å². The molecule has 0 saturated heterocycles. The van der Waals surface area contributed by atoms with Crippen molar-refractivity contribution in [3.63, 3.8) is 0 Å². The van der Waals surface area contributed by atoms with Gasteiger partial charge in [0.15, 0.2) is 11.5 Å². The van der Waals surface area contributed by atoms with E-state index in [9.17, 15) is 9.18 Å². The van der Waals surface area contributed by atoms with Crippen molar-refractivity contribution in [2.75, 3.05) is 33.9 Å². The van der Waals surface area contributed by atoms with E-state index in [-0.39, 0.29) is 29.2 Å². The van der Waals surface area contributed by atoms with Gasteiger partial charge in [0, 0.05) is 37.0 Å². The van der Waals surface area contributed by atoms with E-state index in [0.29, 0.717) is 25.3 Å². The number of carbonyl (C=O) groups excluding carboxylic acids is 1. The second-order valence-corrected chi connectivity index (χ2v) is 15.0. The van der Waals surface area contributed by atoms with Gasteiger partial charge < -0.3 is 20.5 Å². The Morgan fingerprint density at radius 3 is 2.13 bits per heavy atom. The van der Waals surface area contributed by atoms with Crippen molar-refractivity contribution in [1.82, 2.24) is 10.2 Å². The number of amides is 1. The third-order valence-electron chi connectivity index (χ3n) is 11.3. The molecule has 284 valence electrons. The van der Waals surface area contributed by atoms with Crippen molar-refractivity contribution in [1.29, 1.82) is 0 Å². The summed E-state index contributed by atoms with van der Waals surface area (Å²) in [6, 6.07) is 33.1. The molecule has 0 fully saturated rings. The van der Waals surface area contributed by atoms with Crippen molar-refractivity contribution in [3.05, 3.63) is 131 Å². The van der Waals surface area contributed by atoms with Crippen molar-refractivity contribution < 1.29 is 18.7 Å². The average molecular weight is 722 g/mol. The lowest BCUT2D eigenvalue weighted by Gasteiger charge is -2.40. The standard InChI is InChI=1S/C46H60FN3O3/c1-34(2)41(48)18-11-19-42-40-33-44(53-4)43(52-3)32-36(40)26-31-50(42)30-13-28-46(37-14-7-5-8-15-37,38-16-9-6-10-17-38)27-12-29-49-45(51)25-22-35-20-23-39(47)24-21-35/h5-10,14-17,20-21,23-24,32-34,41-42H,11-13,18-19,22,25-31,48H2,1-4H3,(H,49,51). The molecule has 5 rings (SSSR count). The Morgan fingerprint density at radius 1 is 0.887 bits per heavy atom. The van der Waals surface area contributed by atoms with Crippen LogP contribution in [-0.4, -0.2) is 50.7 Å². The first-order chi connectivity index (χ1) is 25.7. The molecule has 0 spiro atoms. The highest BCUT2D eigenvalue weighted by molar-refractivity contribution is 5.76. The molecule has 1 aliphatic rings. The number of rotatable bonds is 20. The first kappa shape index (κ1) is 40.0. The third-order valence-corrected chi connectivity index (χ3v) is 11.3. The molecule has 4 aromatic carbocycles. The molecule has 0 radical (unpaired) electrons. The van der Waals surface area contributed by atoms with Crippen LogP contribution in [0.2, 0.25) is 0 Å². The molecule has 53 heavy (non-hydrogen) atoms. The highest BCUT2D eigenvalue weighted by Crippen LogP contribution is 2.43. The van der Waals surface area contributed by atoms with Crippen molar-refractivity contribution in [2.45, 2.75) is 95.6 Å². The number of halogens is 1. The molecule has 0 saturated carbocycles. The number of hydrogen-bond donors (Lipinski definition) is 2. The van der Waals surface area contributed by atoms with Crippen LogP contribution in [0.3, 0.4) is 0 Å². The molecule has 2 atom stereocenters. The van der Waals surface area contributed by atoms with Crippen LogP contribution in [0, 0.1) is 11.7 Å². The maximum Gasteiger partial charge on any atom is 0.220 e. The second-order valence-electron chi connectivity index (χ2n) is 15.0. The Hall–Kier alpha value is -4.20. The summed E-state index contributed by atoms with van der Waals surface area (Å²) in [5, 5.41) is 3.17. The summed E-state index contributed by atoms with van der Waals surface area (Å²) in [4.78, 5) is 15.5. The fourth-order valence-electron chi connectivity index (χ4n) is 8.15. The van der Waals surface area contributed by atoms with E-state index in [1.165, 1.54) is 34.4 Å². The second kappa shape index (κ2) is 19.8. The molecule has 1 amide bonds. The SMILES string of the molecule is COc1cc2c(cc1OC)C(CCCC(N)C(C)C)N(CCCC(CCCNC(=O)CCc1ccc(F)cc1)(c1ccccc1)c1ccccc1)CC2. The molecule has 1 aliphatic heterocycles. The molecule has 2 unspecified atom stereocenters. The Labute approximate surface area is 317 Å². The van der Waals surface area contributed by atoms with Gasteiger partial charge in [-0.2, -0.15) is 0 Å². The third kappa shape index (κ3) is 10.7. The topological polar surface area (TPSA) is 76.8 Å². The summed E-state index contributed by atoms with van der Waals surface area (Å²) in [7, 11) is 3.42. The number of carbonyl (C=O) groups is 1. The maximum absolute atomic E-state index is 13.3. The largest absolute Gasteiger partial charge is 0.493 e. The van der Waals surface area contributed by atoms with Gasteiger partial charge in [0.25, 0.3) is 0 Å². The quantitative estimate of drug-likeness (QED) is 0.0891. The number of hydrogen-bond acceptors (Lipinski definition) is 5. The molecule has 4 aromatic rings. The van der Waals surface area contributed by atoms with Crippen molar-refractivity contribution >= 4 is 5.91 Å². The van der Waals surface area contributed by atoms with Gasteiger partial charge in [0.1, 0.15) is 5.82 Å². The molecule has 7 heteroatoms. The van der Waals surface area contributed by atoms with E-state index >= 15 is 0 Å². The highest BCUT2D eigenvalue weighted by atomic mass is 19.1. The molecular formula is C46H60FN3O3. The zero-order valence-corrected chi connectivity index (χ0v) is 32.3. The van der Waals surface area contributed by atoms with Crippen LogP contribution in [0.15, 0.2) is 97.1 Å². The van der Waals surface area contributed by atoms with E-state index in [4.69, 9.17) is 15.2 Å². The minimum absolute atomic E-state index is 0.0272. The Balaban J connectivity index is 1.32. The zero-order valence-electron chi connectivity index (χ0n) is 32.3. The summed E-state index contributed by atoms with van der Waals surface area (Å²) in [6.45, 7) is 7.01. The van der Waals surface area contributed by atoms with Crippen LogP contribution in [0.5, 0.6) is 11.5 Å². The van der Waals surface area contributed by atoms with Crippen LogP contribution in [0.25, 0.3) is 0 Å². The van der Waals surface area contributed by atoms with Crippen molar-refractivity contribution in [3.8, 4) is 11.5 Å². The summed E-state index contributed by atoms with van der Waals surface area (Å²) in [5.74, 6) is 1.81. The Bertz CT molecular complexity index is 1660. The first-order valence-electron chi connectivity index (χ1n) is 19.6. The molecule has 6 nitrogen and oxygen atoms in total. The van der Waals surface area contributed by atoms with Crippen LogP contribution >= 0.6 is 0 Å². The minimum atomic E-state index is -0.261. The van der Waals surface area contributed by atoms with E-state index in [0.717, 1.165) is 81.5 Å². The smallest absolute Gasteiger partial charge is 0.220 e. The number of benzene rings is 4. The van der Waals surface area contributed by atoms with Gasteiger partial charge >= 0.3 is 0 Å². The van der Waals surface area contributed by atoms with E-state index < -0.39 is 0 Å². The number of nitrogens with one attached hydrogen (secondary N) is 1. The van der Waals surface area contributed by atoms with Crippen LogP contribution in [-0.2, 0) is 23.1 Å². The number of aryl methyl sites for hydroxylation is 1. The van der Waals surface area contributed by atoms with Gasteiger partial charge in [0.2, 0.25) is 5.91 Å². The van der Waals surface area contributed by atoms with Gasteiger partial charge in [-0.05, 0) is 116 Å². The van der Waals surface area contributed by atoms with Gasteiger partial charge in [-0.3, -0.25) is 9.69 Å². The Kier molecular flexibility index (Phi) is 14.9. The summed E-state index contributed by atoms with van der Waals surface area (Å²) in [5.41, 5.74) is 12.6. The lowest BCUT2D eigenvalue weighted by molar-refractivity contribution is -0.121. The average Bonchev–Trinajstić information content (AvgIpc) is 3.19. The van der Waals surface area contributed by atoms with Gasteiger partial charge in [-0.25, -0.2) is 4.39 Å². The summed E-state index contributed by atoms with van der Waals surface area (Å²) < 4.78 is 24.8. The van der Waals surface area contributed by atoms with Gasteiger partial charge in [-0.15, -0.1) is 0 Å². The summed E-state index contributed by atoms with van der Waals surface area (Å²) >= 11 is 0. The highest BCUT2D eigenvalue weighted by Gasteiger charge is 2.35. The van der Waals surface area contributed by atoms with Gasteiger partial charge in [0.05, 0.1) is 14.2 Å². The molecule has 0 aliphatic carbocycles. The van der Waals surface area contributed by atoms with E-state index in [1.807, 2.05) is 0 Å². The predicted molar refractivity (Wildman–Crippen MR) is 214 cm³/mol. The summed E-state index contributed by atoms with van der Waals surface area (Å²) in [6.07, 6.45) is 8.86. The monoisotopic (exact) mass is 721 g/mol. The predicted octanol–water partition coefficient (Wildman–Crippen LogP) is 9.19. The number of fused-ring (bicyclic) bond motifs is 1. The van der Waals surface area contributed by atoms with Crippen molar-refractivity contribution in [2.24, 2.45) is 11.7 Å². The fraction of sp³-hybridized carbons (Fsp3) is 0.457. The molecule has 3 N–H and O–H groups in total. The van der Waals surface area contributed by atoms with Gasteiger partial charge in [-0.1, -0.05) is 93.1 Å². The molecule has 0 bridgehead atoms. The normalized spacial score (nSPS) is 15.2. The Morgan fingerprint density at radius 2 is 1.51 bits per heavy atom. The lowest BCUT2D eigenvalue weighted by Crippen LogP contribution is -2.38. The van der Waals surface area contributed by atoms with E-state index in [1.54, 1.807) is 26.4 Å². The lowest BCUT2D eigenvalue weighted by atomic mass is 9.68. The maximum atomic E-state index is 13.3. The van der Waals surface area contributed by atoms with E-state index in [2.05, 4.69) is 96.9 Å². The van der Waals surface area contributed by atoms with Crippen LogP contribution < -0.4 is 20.5 Å². The molecule has 0 aromatic heterocycles. The zero-order chi connectivity index (χ0) is 37.6. The number of ether oxygens (including phenoxy) is 2. The minimum Gasteiger partial charge on any atom is -0.493 e. The molecule has 1 heterocycles. The fourth-order valence-corrected chi connectivity index (χ4v) is 8.15. The first-order valence-corrected chi connectivity index (χ1v) is 19.6. The number of nitrogens with zero attached hydrogens (tertiary/aromatic N) is 1. The molecular weight excluding hydrogens is 662 g/mol.